The summed E-state index contributed by atoms with van der Waals surface area (Å²) in [5.74, 6) is -1.44. The van der Waals surface area contributed by atoms with E-state index in [1.165, 1.54) is 6.92 Å². The standard InChI is InChI=1S/C61H96O34S2.2Na/c1-25(2)11-10-16-60(8)50-30(85-26(3)64)19-59(7)28-12-13-35-57(4,5)36(15-17-58(35,6)27(28)14-18-61(50,59)56(74)94-60)89-54-48(40(69)34(23-83-54)95-97(78,79)80)93-55-49(92-51-41(70)37(66)29(65)22-82-51)42(71)45(32(21-63)87-55)90-53-44(73)47(39(68)33(88-53)24-84-96(75,76)77)91-52-43(72)46(81-9)38(67)31(20-62)86-52;;/h12,27,29-55,62-63,65-73H,1,10-11,13-24H2,2-9H3,(H,75,76,77)(H,78,79,80);;/q;2*+1/p-2/t27-,29+,30-,31+,32+,33+,34+,35-,36?,37-,38+,39+,40-,41+,42-,43+,44+,45+,46-,47-,48+,49+,50?,51-,52-,53-,54-,55-,58+,59-,60-,61?;;/m0../s1. The van der Waals surface area contributed by atoms with Crippen molar-refractivity contribution in [2.24, 2.45) is 39.4 Å². The van der Waals surface area contributed by atoms with E-state index in [2.05, 4.69) is 30.7 Å². The van der Waals surface area contributed by atoms with Gasteiger partial charge in [-0.15, -0.1) is 6.58 Å². The van der Waals surface area contributed by atoms with Crippen molar-refractivity contribution in [1.82, 2.24) is 0 Å². The molecule has 38 heteroatoms. The topological polar surface area (TPSA) is 510 Å². The molecule has 3 unspecified atom stereocenters. The number of allylic oxidation sites excluding steroid dienone is 3. The quantitative estimate of drug-likeness (QED) is 0.0149. The SMILES string of the molecule is C=C(C)CCC[C@]1(C)OC(=O)C23CC[C@H]4C(=CC[C@H]5C(C)(C)C(O[C@@H]6OC[C@@H](OS(=O)(=O)[O-])[C@H](O)[C@H]6O[C@@H]6O[C@H](CO)[C@@H](O[C@@H]7O[C@H](COS(=O)(=O)[O-])[C@@H](O)[C@H](O[C@@H]8O[C@H](CO)[C@@H](O)[C@H](OC)[C@H]8O)[C@H]7O)[C@H](O)[C@H]6O[C@@H]6OC[C@@H](O)[C@H](O)[C@H]6O)CC[C@]45C)[C@]2(C)C[C@H](OC(C)=O)C31.[Na+].[Na+]. The second-order valence-electron chi connectivity index (χ2n) is 28.9. The molecule has 34 nitrogen and oxygen atoms in total. The van der Waals surface area contributed by atoms with Gasteiger partial charge >= 0.3 is 71.1 Å². The molecule has 4 aliphatic carbocycles. The van der Waals surface area contributed by atoms with E-state index < -0.39 is 247 Å². The van der Waals surface area contributed by atoms with Crippen molar-refractivity contribution < 1.29 is 221 Å². The Morgan fingerprint density at radius 2 is 1.24 bits per heavy atom. The predicted molar refractivity (Wildman–Crippen MR) is 316 cm³/mol. The largest absolute Gasteiger partial charge is 1.00 e. The van der Waals surface area contributed by atoms with Gasteiger partial charge in [0.15, 0.2) is 31.5 Å². The number of hydrogen-bond acceptors (Lipinski definition) is 34. The van der Waals surface area contributed by atoms with Gasteiger partial charge in [0.1, 0.15) is 122 Å². The zero-order chi connectivity index (χ0) is 71.2. The zero-order valence-electron chi connectivity index (χ0n) is 57.0. The monoisotopic (exact) mass is 1480 g/mol. The second kappa shape index (κ2) is 32.2. The van der Waals surface area contributed by atoms with Crippen LogP contribution in [0.3, 0.4) is 0 Å². The van der Waals surface area contributed by atoms with Crippen LogP contribution in [-0.2, 0) is 100 Å². The van der Waals surface area contributed by atoms with Crippen molar-refractivity contribution in [3.63, 3.8) is 0 Å². The van der Waals surface area contributed by atoms with E-state index in [9.17, 15) is 91.7 Å². The molecule has 6 saturated heterocycles. The van der Waals surface area contributed by atoms with E-state index in [0.717, 1.165) is 24.7 Å². The number of methoxy groups -OCH3 is 1. The minimum atomic E-state index is -5.61. The fraction of sp³-hybridized carbons (Fsp3) is 0.902. The van der Waals surface area contributed by atoms with Crippen molar-refractivity contribution >= 4 is 32.7 Å². The molecule has 6 aliphatic heterocycles. The fourth-order valence-corrected chi connectivity index (χ4v) is 18.8. The Hall–Kier alpha value is -0.720. The third kappa shape index (κ3) is 16.2. The molecule has 3 saturated carbocycles. The number of ether oxygens (including phenoxy) is 13. The van der Waals surface area contributed by atoms with Gasteiger partial charge in [0.2, 0.25) is 20.8 Å². The Bertz CT molecular complexity index is 3080. The van der Waals surface area contributed by atoms with E-state index in [0.29, 0.717) is 51.4 Å². The van der Waals surface area contributed by atoms with E-state index in [-0.39, 0.29) is 76.9 Å². The summed E-state index contributed by atoms with van der Waals surface area (Å²) in [5, 5.41) is 123. The first-order valence-electron chi connectivity index (χ1n) is 32.6. The summed E-state index contributed by atoms with van der Waals surface area (Å²) in [6.07, 6.45) is -40.7. The number of aliphatic hydroxyl groups is 11. The van der Waals surface area contributed by atoms with Crippen molar-refractivity contribution in [1.29, 1.82) is 0 Å². The van der Waals surface area contributed by atoms with Crippen molar-refractivity contribution in [2.45, 2.75) is 265 Å². The maximum Gasteiger partial charge on any atom is 1.00 e. The molecular weight excluding hydrogens is 1390 g/mol. The number of cyclic esters (lactones) is 1. The van der Waals surface area contributed by atoms with E-state index in [4.69, 9.17) is 65.8 Å². The molecule has 0 aromatic carbocycles. The summed E-state index contributed by atoms with van der Waals surface area (Å²) in [5.41, 5.74) is -1.88. The summed E-state index contributed by atoms with van der Waals surface area (Å²) >= 11 is 0. The molecule has 9 fully saturated rings. The zero-order valence-corrected chi connectivity index (χ0v) is 62.6. The average molecular weight is 1480 g/mol. The summed E-state index contributed by atoms with van der Waals surface area (Å²) < 4.78 is 159. The smallest absolute Gasteiger partial charge is 0.726 e. The number of esters is 2. The first kappa shape index (κ1) is 83.9. The molecule has 10 rings (SSSR count). The first-order valence-corrected chi connectivity index (χ1v) is 35.3. The molecule has 0 aromatic heterocycles. The van der Waals surface area contributed by atoms with Gasteiger partial charge in [-0.05, 0) is 94.3 Å². The van der Waals surface area contributed by atoms with Crippen LogP contribution in [0.1, 0.15) is 106 Å². The minimum Gasteiger partial charge on any atom is -0.726 e. The minimum absolute atomic E-state index is 0. The van der Waals surface area contributed by atoms with Crippen LogP contribution in [-0.4, -0.2) is 293 Å². The summed E-state index contributed by atoms with van der Waals surface area (Å²) in [7, 11) is -10.1. The van der Waals surface area contributed by atoms with Crippen LogP contribution < -0.4 is 59.1 Å². The molecule has 6 heterocycles. The molecule has 0 aromatic rings. The molecule has 1 spiro atoms. The molecule has 10 aliphatic rings. The Kier molecular flexibility index (Phi) is 27.3. The van der Waals surface area contributed by atoms with E-state index in [1.54, 1.807) is 0 Å². The maximum absolute atomic E-state index is 14.8. The van der Waals surface area contributed by atoms with Crippen LogP contribution >= 0.6 is 0 Å². The fourth-order valence-electron chi connectivity index (χ4n) is 18.0. The van der Waals surface area contributed by atoms with Crippen LogP contribution in [0.5, 0.6) is 0 Å². The molecule has 0 radical (unpaired) electrons. The molecule has 11 N–H and O–H groups in total. The number of rotatable bonds is 23. The Balaban J connectivity index is 0.00000624. The molecule has 99 heavy (non-hydrogen) atoms. The molecular formula is C61H94Na2O34S2. The molecule has 32 atom stereocenters. The number of aliphatic hydroxyl groups excluding tert-OH is 11. The first-order chi connectivity index (χ1) is 45.3. The normalized spacial score (nSPS) is 47.4. The van der Waals surface area contributed by atoms with Crippen LogP contribution in [0.25, 0.3) is 0 Å². The summed E-state index contributed by atoms with van der Waals surface area (Å²) in [6.45, 7) is 12.7. The van der Waals surface area contributed by atoms with Gasteiger partial charge in [0, 0.05) is 19.4 Å². The summed E-state index contributed by atoms with van der Waals surface area (Å²) in [6, 6.07) is 0. The Morgan fingerprint density at radius 1 is 0.657 bits per heavy atom. The number of carbonyl (C=O) groups excluding carboxylic acids is 2. The third-order valence-corrected chi connectivity index (χ3v) is 23.5. The van der Waals surface area contributed by atoms with Crippen LogP contribution in [0.15, 0.2) is 23.8 Å². The summed E-state index contributed by atoms with van der Waals surface area (Å²) in [4.78, 5) is 27.7. The van der Waals surface area contributed by atoms with Gasteiger partial charge in [-0.25, -0.2) is 16.8 Å². The Morgan fingerprint density at radius 3 is 1.86 bits per heavy atom. The maximum atomic E-state index is 14.8. The van der Waals surface area contributed by atoms with Gasteiger partial charge in [0.25, 0.3) is 0 Å². The second-order valence-corrected chi connectivity index (χ2v) is 31.0. The van der Waals surface area contributed by atoms with E-state index >= 15 is 0 Å². The van der Waals surface area contributed by atoms with Crippen molar-refractivity contribution in [3.05, 3.63) is 23.8 Å². The van der Waals surface area contributed by atoms with Crippen LogP contribution in [0.4, 0.5) is 0 Å². The van der Waals surface area contributed by atoms with E-state index in [1.807, 2.05) is 27.7 Å². The third-order valence-electron chi connectivity index (χ3n) is 22.6. The van der Waals surface area contributed by atoms with Crippen molar-refractivity contribution in [2.75, 3.05) is 40.1 Å². The Labute approximate surface area is 617 Å². The van der Waals surface area contributed by atoms with Crippen molar-refractivity contribution in [3.8, 4) is 0 Å². The number of carbonyl (C=O) groups is 2. The molecule has 0 bridgehead atoms. The van der Waals surface area contributed by atoms with Gasteiger partial charge in [-0.3, -0.25) is 18.0 Å². The van der Waals surface area contributed by atoms with Gasteiger partial charge in [0.05, 0.1) is 50.5 Å². The van der Waals surface area contributed by atoms with Gasteiger partial charge in [-0.2, -0.15) is 0 Å². The molecule has 556 valence electrons. The number of fused-ring (bicyclic) bond motifs is 4. The van der Waals surface area contributed by atoms with Gasteiger partial charge < -0.3 is 127 Å². The van der Waals surface area contributed by atoms with Crippen LogP contribution in [0.2, 0.25) is 0 Å². The number of hydrogen-bond donors (Lipinski definition) is 11. The predicted octanol–water partition coefficient (Wildman–Crippen LogP) is -9.43. The van der Waals surface area contributed by atoms with Gasteiger partial charge in [-0.1, -0.05) is 44.9 Å². The average Bonchev–Trinajstić information content (AvgIpc) is 1.53. The van der Waals surface area contributed by atoms with Crippen LogP contribution in [0, 0.1) is 39.4 Å². The molecule has 0 amide bonds.